The lowest BCUT2D eigenvalue weighted by atomic mass is 9.91. The number of carbonyl (C=O) groups is 2. The van der Waals surface area contributed by atoms with Crippen LogP contribution >= 0.6 is 0 Å². The van der Waals surface area contributed by atoms with Gasteiger partial charge in [0, 0.05) is 11.9 Å². The minimum absolute atomic E-state index is 0.277. The smallest absolute Gasteiger partial charge is 0.239 e. The monoisotopic (exact) mass is 327 g/mol. The summed E-state index contributed by atoms with van der Waals surface area (Å²) in [5.74, 6) is -0.0503. The number of methoxy groups -OCH3 is 1. The van der Waals surface area contributed by atoms with Crippen LogP contribution in [0, 0.1) is 5.41 Å². The summed E-state index contributed by atoms with van der Waals surface area (Å²) in [6.45, 7) is 3.44. The molecule has 0 unspecified atom stereocenters. The molecule has 1 heterocycles. The molecule has 6 nitrogen and oxygen atoms in total. The fourth-order valence-electron chi connectivity index (χ4n) is 1.96. The summed E-state index contributed by atoms with van der Waals surface area (Å²) in [4.78, 5) is 28.9. The number of anilines is 1. The lowest BCUT2D eigenvalue weighted by Gasteiger charge is -2.22. The second kappa shape index (κ2) is 7.59. The number of aromatic nitrogens is 1. The number of nitrogens with zero attached hydrogens (tertiary/aromatic N) is 1. The maximum absolute atomic E-state index is 12.4. The van der Waals surface area contributed by atoms with Crippen LogP contribution in [-0.2, 0) is 16.1 Å². The van der Waals surface area contributed by atoms with Crippen molar-refractivity contribution >= 4 is 17.5 Å². The fraction of sp³-hybridized carbons (Fsp3) is 0.278. The number of amides is 2. The Hall–Kier alpha value is -2.89. The standard InChI is InChI=1S/C18H21N3O3/c1-18(2,16(22)20-12-14-6-4-5-11-19-14)17(23)21-13-7-9-15(24-3)10-8-13/h4-11H,12H2,1-3H3,(H,20,22)(H,21,23). The molecule has 2 N–H and O–H groups in total. The van der Waals surface area contributed by atoms with Crippen LogP contribution in [0.25, 0.3) is 0 Å². The van der Waals surface area contributed by atoms with Crippen LogP contribution in [0.5, 0.6) is 5.75 Å². The topological polar surface area (TPSA) is 80.3 Å². The van der Waals surface area contributed by atoms with Gasteiger partial charge >= 0.3 is 0 Å². The molecule has 2 aromatic rings. The predicted octanol–water partition coefficient (Wildman–Crippen LogP) is 2.37. The van der Waals surface area contributed by atoms with Crippen LogP contribution < -0.4 is 15.4 Å². The number of pyridine rings is 1. The number of hydrogen-bond donors (Lipinski definition) is 2. The van der Waals surface area contributed by atoms with Crippen molar-refractivity contribution in [3.05, 3.63) is 54.4 Å². The molecule has 0 radical (unpaired) electrons. The van der Waals surface area contributed by atoms with E-state index >= 15 is 0 Å². The van der Waals surface area contributed by atoms with Gasteiger partial charge in [-0.1, -0.05) is 6.07 Å². The van der Waals surface area contributed by atoms with E-state index in [-0.39, 0.29) is 18.4 Å². The molecule has 0 saturated carbocycles. The lowest BCUT2D eigenvalue weighted by Crippen LogP contribution is -2.44. The first-order valence-corrected chi connectivity index (χ1v) is 7.57. The van der Waals surface area contributed by atoms with Crippen LogP contribution in [0.2, 0.25) is 0 Å². The lowest BCUT2D eigenvalue weighted by molar-refractivity contribution is -0.138. The average molecular weight is 327 g/mol. The van der Waals surface area contributed by atoms with E-state index in [0.29, 0.717) is 11.4 Å². The molecule has 2 amide bonds. The Morgan fingerprint density at radius 2 is 1.79 bits per heavy atom. The molecule has 1 aromatic carbocycles. The van der Waals surface area contributed by atoms with Gasteiger partial charge in [0.15, 0.2) is 0 Å². The van der Waals surface area contributed by atoms with E-state index in [2.05, 4.69) is 15.6 Å². The van der Waals surface area contributed by atoms with Crippen molar-refractivity contribution < 1.29 is 14.3 Å². The normalized spacial score (nSPS) is 10.8. The molecule has 0 spiro atoms. The summed E-state index contributed by atoms with van der Waals surface area (Å²) >= 11 is 0. The maximum Gasteiger partial charge on any atom is 0.239 e. The molecule has 2 rings (SSSR count). The van der Waals surface area contributed by atoms with Crippen molar-refractivity contribution in [3.63, 3.8) is 0 Å². The van der Waals surface area contributed by atoms with Crippen molar-refractivity contribution in [2.24, 2.45) is 5.41 Å². The van der Waals surface area contributed by atoms with Crippen molar-refractivity contribution in [2.45, 2.75) is 20.4 Å². The summed E-state index contributed by atoms with van der Waals surface area (Å²) in [6.07, 6.45) is 1.66. The Labute approximate surface area is 141 Å². The zero-order valence-corrected chi connectivity index (χ0v) is 14.0. The molecule has 0 aliphatic heterocycles. The van der Waals surface area contributed by atoms with Crippen LogP contribution in [0.15, 0.2) is 48.7 Å². The predicted molar refractivity (Wildman–Crippen MR) is 91.5 cm³/mol. The van der Waals surface area contributed by atoms with E-state index < -0.39 is 5.41 Å². The van der Waals surface area contributed by atoms with Crippen molar-refractivity contribution in [1.82, 2.24) is 10.3 Å². The Balaban J connectivity index is 1.96. The molecular weight excluding hydrogens is 306 g/mol. The molecule has 0 aliphatic carbocycles. The van der Waals surface area contributed by atoms with Gasteiger partial charge in [-0.2, -0.15) is 0 Å². The largest absolute Gasteiger partial charge is 0.497 e. The number of benzene rings is 1. The van der Waals surface area contributed by atoms with Crippen molar-refractivity contribution in [3.8, 4) is 5.75 Å². The molecule has 0 aliphatic rings. The maximum atomic E-state index is 12.4. The third kappa shape index (κ3) is 4.32. The summed E-state index contributed by atoms with van der Waals surface area (Å²) in [6, 6.07) is 12.4. The van der Waals surface area contributed by atoms with Crippen molar-refractivity contribution in [1.29, 1.82) is 0 Å². The molecule has 24 heavy (non-hydrogen) atoms. The first-order valence-electron chi connectivity index (χ1n) is 7.57. The third-order valence-electron chi connectivity index (χ3n) is 3.64. The van der Waals surface area contributed by atoms with Crippen LogP contribution in [0.3, 0.4) is 0 Å². The van der Waals surface area contributed by atoms with Gasteiger partial charge in [0.25, 0.3) is 0 Å². The van der Waals surface area contributed by atoms with E-state index in [9.17, 15) is 9.59 Å². The van der Waals surface area contributed by atoms with E-state index in [1.807, 2.05) is 12.1 Å². The Morgan fingerprint density at radius 3 is 2.38 bits per heavy atom. The van der Waals surface area contributed by atoms with Crippen LogP contribution in [0.1, 0.15) is 19.5 Å². The first kappa shape index (κ1) is 17.5. The molecule has 6 heteroatoms. The minimum Gasteiger partial charge on any atom is -0.497 e. The zero-order valence-electron chi connectivity index (χ0n) is 14.0. The highest BCUT2D eigenvalue weighted by atomic mass is 16.5. The highest BCUT2D eigenvalue weighted by Crippen LogP contribution is 2.21. The Bertz CT molecular complexity index is 697. The number of carbonyl (C=O) groups excluding carboxylic acids is 2. The summed E-state index contributed by atoms with van der Waals surface area (Å²) < 4.78 is 5.07. The third-order valence-corrected chi connectivity index (χ3v) is 3.64. The highest BCUT2D eigenvalue weighted by molar-refractivity contribution is 6.09. The molecule has 0 atom stereocenters. The van der Waals surface area contributed by atoms with E-state index in [4.69, 9.17) is 4.74 Å². The number of hydrogen-bond acceptors (Lipinski definition) is 4. The van der Waals surface area contributed by atoms with Gasteiger partial charge in [-0.15, -0.1) is 0 Å². The van der Waals surface area contributed by atoms with Gasteiger partial charge in [0.1, 0.15) is 11.2 Å². The number of ether oxygens (including phenoxy) is 1. The molecule has 0 fully saturated rings. The quantitative estimate of drug-likeness (QED) is 0.798. The Kier molecular flexibility index (Phi) is 5.52. The van der Waals surface area contributed by atoms with Crippen LogP contribution in [0.4, 0.5) is 5.69 Å². The van der Waals surface area contributed by atoms with E-state index in [1.54, 1.807) is 57.5 Å². The van der Waals surface area contributed by atoms with Crippen LogP contribution in [-0.4, -0.2) is 23.9 Å². The summed E-state index contributed by atoms with van der Waals surface area (Å²) in [7, 11) is 1.57. The zero-order chi connectivity index (χ0) is 17.6. The van der Waals surface area contributed by atoms with Gasteiger partial charge in [-0.25, -0.2) is 0 Å². The van der Waals surface area contributed by atoms with E-state index in [0.717, 1.165) is 5.69 Å². The van der Waals surface area contributed by atoms with Crippen molar-refractivity contribution in [2.75, 3.05) is 12.4 Å². The molecule has 126 valence electrons. The SMILES string of the molecule is COc1ccc(NC(=O)C(C)(C)C(=O)NCc2ccccn2)cc1. The fourth-order valence-corrected chi connectivity index (χ4v) is 1.96. The Morgan fingerprint density at radius 1 is 1.08 bits per heavy atom. The van der Waals surface area contributed by atoms with Gasteiger partial charge in [0.05, 0.1) is 19.3 Å². The highest BCUT2D eigenvalue weighted by Gasteiger charge is 2.35. The van der Waals surface area contributed by atoms with Gasteiger partial charge in [-0.05, 0) is 50.2 Å². The van der Waals surface area contributed by atoms with E-state index in [1.165, 1.54) is 0 Å². The molecular formula is C18H21N3O3. The number of rotatable bonds is 6. The molecule has 0 bridgehead atoms. The first-order chi connectivity index (χ1) is 11.4. The second-order valence-electron chi connectivity index (χ2n) is 5.81. The number of nitrogens with one attached hydrogen (secondary N) is 2. The average Bonchev–Trinajstić information content (AvgIpc) is 2.61. The minimum atomic E-state index is -1.21. The molecule has 1 aromatic heterocycles. The second-order valence-corrected chi connectivity index (χ2v) is 5.81. The van der Waals surface area contributed by atoms with Gasteiger partial charge in [-0.3, -0.25) is 14.6 Å². The van der Waals surface area contributed by atoms with Gasteiger partial charge < -0.3 is 15.4 Å². The molecule has 0 saturated heterocycles. The van der Waals surface area contributed by atoms with Gasteiger partial charge in [0.2, 0.25) is 11.8 Å². The summed E-state index contributed by atoms with van der Waals surface area (Å²) in [5, 5.41) is 5.48. The summed E-state index contributed by atoms with van der Waals surface area (Å²) in [5.41, 5.74) is 0.123.